The number of aliphatic hydroxyl groups excluding tert-OH is 1. The molecule has 36 heavy (non-hydrogen) atoms. The van der Waals surface area contributed by atoms with Gasteiger partial charge in [0.1, 0.15) is 0 Å². The van der Waals surface area contributed by atoms with Crippen LogP contribution < -0.4 is 5.32 Å². The highest BCUT2D eigenvalue weighted by Gasteiger charge is 2.63. The molecule has 1 heterocycles. The Hall–Kier alpha value is -1.46. The molecule has 5 heteroatoms. The van der Waals surface area contributed by atoms with Gasteiger partial charge >= 0.3 is 5.97 Å². The summed E-state index contributed by atoms with van der Waals surface area (Å²) in [5, 5.41) is 15.6. The predicted molar refractivity (Wildman–Crippen MR) is 142 cm³/mol. The minimum absolute atomic E-state index is 0.0126. The summed E-state index contributed by atoms with van der Waals surface area (Å²) in [6.45, 7) is 8.13. The van der Waals surface area contributed by atoms with E-state index in [0.717, 1.165) is 36.9 Å². The number of pyridine rings is 1. The van der Waals surface area contributed by atoms with Gasteiger partial charge in [0.05, 0.1) is 18.9 Å². The fourth-order valence-corrected chi connectivity index (χ4v) is 9.77. The fraction of sp³-hybridized carbons (Fsp3) is 0.806. The van der Waals surface area contributed by atoms with E-state index < -0.39 is 0 Å². The first-order valence-corrected chi connectivity index (χ1v) is 14.7. The van der Waals surface area contributed by atoms with Crippen molar-refractivity contribution in [1.29, 1.82) is 0 Å². The van der Waals surface area contributed by atoms with E-state index in [-0.39, 0.29) is 17.5 Å². The Morgan fingerprint density at radius 2 is 2.00 bits per heavy atom. The first kappa shape index (κ1) is 26.2. The number of nitrogens with one attached hydrogen (secondary N) is 1. The Morgan fingerprint density at radius 1 is 1.17 bits per heavy atom. The molecule has 4 fully saturated rings. The minimum Gasteiger partial charge on any atom is -0.469 e. The Bertz CT molecular complexity index is 908. The Balaban J connectivity index is 1.25. The maximum absolute atomic E-state index is 11.8. The first-order chi connectivity index (χ1) is 17.3. The number of methoxy groups -OCH3 is 1. The highest BCUT2D eigenvalue weighted by molar-refractivity contribution is 5.69. The normalized spacial score (nSPS) is 42.6. The summed E-state index contributed by atoms with van der Waals surface area (Å²) < 4.78 is 4.90. The molecule has 1 aromatic rings. The van der Waals surface area contributed by atoms with Crippen molar-refractivity contribution < 1.29 is 14.6 Å². The molecule has 200 valence electrons. The molecule has 4 saturated carbocycles. The molecular weight excluding hydrogens is 448 g/mol. The minimum atomic E-state index is -0.229. The number of esters is 1. The number of carbonyl (C=O) groups is 1. The van der Waals surface area contributed by atoms with Gasteiger partial charge in [-0.15, -0.1) is 0 Å². The molecule has 0 radical (unpaired) electrons. The molecule has 0 spiro atoms. The Morgan fingerprint density at radius 3 is 2.75 bits per heavy atom. The number of aromatic nitrogens is 1. The second-order valence-corrected chi connectivity index (χ2v) is 13.2. The summed E-state index contributed by atoms with van der Waals surface area (Å²) in [5.41, 5.74) is 1.46. The quantitative estimate of drug-likeness (QED) is 0.470. The zero-order valence-corrected chi connectivity index (χ0v) is 22.9. The predicted octanol–water partition coefficient (Wildman–Crippen LogP) is 5.76. The summed E-state index contributed by atoms with van der Waals surface area (Å²) in [6, 6.07) is 6.73. The summed E-state index contributed by atoms with van der Waals surface area (Å²) in [6.07, 6.45) is 12.9. The van der Waals surface area contributed by atoms with Crippen molar-refractivity contribution in [3.05, 3.63) is 30.1 Å². The van der Waals surface area contributed by atoms with Crippen molar-refractivity contribution in [2.75, 3.05) is 7.11 Å². The van der Waals surface area contributed by atoms with E-state index in [1.165, 1.54) is 52.1 Å². The molecular formula is C31H48N2O3. The Labute approximate surface area is 218 Å². The molecule has 2 N–H and O–H groups in total. The van der Waals surface area contributed by atoms with Crippen LogP contribution in [0.2, 0.25) is 0 Å². The maximum Gasteiger partial charge on any atom is 0.305 e. The number of hydrogen-bond donors (Lipinski definition) is 2. The third-order valence-electron chi connectivity index (χ3n) is 11.9. The van der Waals surface area contributed by atoms with E-state index in [9.17, 15) is 9.90 Å². The second kappa shape index (κ2) is 10.4. The van der Waals surface area contributed by atoms with Crippen LogP contribution in [0.25, 0.3) is 0 Å². The average molecular weight is 497 g/mol. The van der Waals surface area contributed by atoms with Crippen molar-refractivity contribution in [2.24, 2.45) is 46.3 Å². The van der Waals surface area contributed by atoms with Crippen molar-refractivity contribution >= 4 is 5.97 Å². The van der Waals surface area contributed by atoms with Gasteiger partial charge in [0, 0.05) is 25.2 Å². The Kier molecular flexibility index (Phi) is 7.53. The van der Waals surface area contributed by atoms with Gasteiger partial charge in [-0.3, -0.25) is 9.78 Å². The topological polar surface area (TPSA) is 71.5 Å². The van der Waals surface area contributed by atoms with Crippen molar-refractivity contribution in [3.8, 4) is 0 Å². The lowest BCUT2D eigenvalue weighted by Gasteiger charge is -2.62. The summed E-state index contributed by atoms with van der Waals surface area (Å²) in [4.78, 5) is 16.3. The lowest BCUT2D eigenvalue weighted by Crippen LogP contribution is -2.59. The van der Waals surface area contributed by atoms with E-state index in [1.54, 1.807) is 0 Å². The van der Waals surface area contributed by atoms with Gasteiger partial charge in [-0.05, 0) is 116 Å². The molecule has 0 aliphatic heterocycles. The molecule has 10 atom stereocenters. The van der Waals surface area contributed by atoms with E-state index in [4.69, 9.17) is 4.74 Å². The molecule has 5 rings (SSSR count). The molecule has 0 bridgehead atoms. The standard InChI is InChI=1S/C31H48N2O3/c1-20(8-13-29(35)36-4)25-11-12-26-24-10-9-21-17-22(33-19-23-7-5-6-16-32-23)14-15-30(21,2)27(24)18-28(34)31(25,26)3/h5-7,16,20-22,24-28,33-34H,8-15,17-19H2,1-4H3/t20-,21+,22-,24?,25?,26?,27?,28+,30-,31+/m0/s1. The van der Waals surface area contributed by atoms with Crippen molar-refractivity contribution in [2.45, 2.75) is 104 Å². The molecule has 1 aromatic heterocycles. The van der Waals surface area contributed by atoms with Crippen LogP contribution in [0.3, 0.4) is 0 Å². The molecule has 4 aliphatic carbocycles. The lowest BCUT2D eigenvalue weighted by molar-refractivity contribution is -0.170. The largest absolute Gasteiger partial charge is 0.469 e. The molecule has 0 amide bonds. The molecule has 5 nitrogen and oxygen atoms in total. The third-order valence-corrected chi connectivity index (χ3v) is 11.9. The zero-order chi connectivity index (χ0) is 25.5. The number of nitrogens with zero attached hydrogens (tertiary/aromatic N) is 1. The first-order valence-electron chi connectivity index (χ1n) is 14.7. The molecule has 0 aromatic carbocycles. The van der Waals surface area contributed by atoms with E-state index >= 15 is 0 Å². The van der Waals surface area contributed by atoms with E-state index in [1.807, 2.05) is 12.3 Å². The van der Waals surface area contributed by atoms with Gasteiger partial charge in [-0.25, -0.2) is 0 Å². The van der Waals surface area contributed by atoms with E-state index in [0.29, 0.717) is 41.5 Å². The summed E-state index contributed by atoms with van der Waals surface area (Å²) >= 11 is 0. The van der Waals surface area contributed by atoms with Crippen molar-refractivity contribution in [1.82, 2.24) is 10.3 Å². The lowest BCUT2D eigenvalue weighted by atomic mass is 9.43. The van der Waals surface area contributed by atoms with Crippen LogP contribution in [0, 0.1) is 46.3 Å². The van der Waals surface area contributed by atoms with Crippen LogP contribution in [0.1, 0.15) is 90.7 Å². The van der Waals surface area contributed by atoms with Crippen LogP contribution in [0.15, 0.2) is 24.4 Å². The highest BCUT2D eigenvalue weighted by Crippen LogP contribution is 2.68. The smallest absolute Gasteiger partial charge is 0.305 e. The van der Waals surface area contributed by atoms with Crippen LogP contribution in [-0.2, 0) is 16.1 Å². The average Bonchev–Trinajstić information content (AvgIpc) is 3.25. The number of hydrogen-bond acceptors (Lipinski definition) is 5. The fourth-order valence-electron chi connectivity index (χ4n) is 9.77. The highest BCUT2D eigenvalue weighted by atomic mass is 16.5. The summed E-state index contributed by atoms with van der Waals surface area (Å²) in [5.74, 6) is 3.59. The molecule has 0 saturated heterocycles. The SMILES string of the molecule is COC(=O)CC[C@H](C)C1CCC2C3CC[C@@H]4C[C@@H](NCc5ccccn5)CC[C@]4(C)C3C[C@@H](O)[C@@]21C. The molecule has 4 unspecified atom stereocenters. The number of carbonyl (C=O) groups excluding carboxylic acids is 1. The third kappa shape index (κ3) is 4.53. The van der Waals surface area contributed by atoms with Crippen LogP contribution in [0.5, 0.6) is 0 Å². The molecule has 4 aliphatic rings. The van der Waals surface area contributed by atoms with Crippen LogP contribution in [-0.4, -0.2) is 35.3 Å². The monoisotopic (exact) mass is 496 g/mol. The van der Waals surface area contributed by atoms with Gasteiger partial charge in [-0.2, -0.15) is 0 Å². The van der Waals surface area contributed by atoms with Gasteiger partial charge in [-0.1, -0.05) is 26.8 Å². The van der Waals surface area contributed by atoms with Gasteiger partial charge in [0.15, 0.2) is 0 Å². The zero-order valence-electron chi connectivity index (χ0n) is 22.9. The van der Waals surface area contributed by atoms with Gasteiger partial charge in [0.25, 0.3) is 0 Å². The summed E-state index contributed by atoms with van der Waals surface area (Å²) in [7, 11) is 1.48. The number of ether oxygens (including phenoxy) is 1. The van der Waals surface area contributed by atoms with Crippen LogP contribution >= 0.6 is 0 Å². The number of aliphatic hydroxyl groups is 1. The number of rotatable bonds is 7. The van der Waals surface area contributed by atoms with Crippen LogP contribution in [0.4, 0.5) is 0 Å². The van der Waals surface area contributed by atoms with Crippen molar-refractivity contribution in [3.63, 3.8) is 0 Å². The van der Waals surface area contributed by atoms with Gasteiger partial charge < -0.3 is 15.2 Å². The number of fused-ring (bicyclic) bond motifs is 5. The van der Waals surface area contributed by atoms with E-state index in [2.05, 4.69) is 43.2 Å². The maximum atomic E-state index is 11.8. The van der Waals surface area contributed by atoms with Gasteiger partial charge in [0.2, 0.25) is 0 Å². The second-order valence-electron chi connectivity index (χ2n) is 13.2.